The van der Waals surface area contributed by atoms with Crippen molar-refractivity contribution in [3.63, 3.8) is 0 Å². The van der Waals surface area contributed by atoms with E-state index < -0.39 is 0 Å². The fourth-order valence-corrected chi connectivity index (χ4v) is 4.86. The molecule has 0 unspecified atom stereocenters. The molecular formula is C21H28N4OS. The molecule has 1 fully saturated rings. The van der Waals surface area contributed by atoms with Crippen LogP contribution in [0.2, 0.25) is 0 Å². The number of hydrogen-bond acceptors (Lipinski definition) is 5. The molecule has 2 aromatic heterocycles. The van der Waals surface area contributed by atoms with Crippen LogP contribution < -0.4 is 0 Å². The Balaban J connectivity index is 1.47. The van der Waals surface area contributed by atoms with Gasteiger partial charge in [-0.3, -0.25) is 9.80 Å². The second kappa shape index (κ2) is 8.52. The Labute approximate surface area is 164 Å². The summed E-state index contributed by atoms with van der Waals surface area (Å²) in [6.45, 7) is 8.29. The van der Waals surface area contributed by atoms with Gasteiger partial charge >= 0.3 is 0 Å². The van der Waals surface area contributed by atoms with Gasteiger partial charge in [0.2, 0.25) is 0 Å². The van der Waals surface area contributed by atoms with Crippen molar-refractivity contribution in [1.82, 2.24) is 19.4 Å². The van der Waals surface area contributed by atoms with E-state index in [1.54, 1.807) is 0 Å². The van der Waals surface area contributed by atoms with E-state index in [1.807, 2.05) is 11.3 Å². The van der Waals surface area contributed by atoms with E-state index in [9.17, 15) is 5.11 Å². The summed E-state index contributed by atoms with van der Waals surface area (Å²) in [6.07, 6.45) is 0.825. The van der Waals surface area contributed by atoms with Crippen LogP contribution in [0, 0.1) is 0 Å². The van der Waals surface area contributed by atoms with E-state index in [0.29, 0.717) is 6.04 Å². The number of aliphatic hydroxyl groups is 1. The molecule has 6 heteroatoms. The molecule has 3 aromatic rings. The van der Waals surface area contributed by atoms with Crippen LogP contribution in [0.3, 0.4) is 0 Å². The Bertz CT molecular complexity index is 860. The Hall–Kier alpha value is -1.73. The highest BCUT2D eigenvalue weighted by molar-refractivity contribution is 7.09. The van der Waals surface area contributed by atoms with Crippen LogP contribution in [0.15, 0.2) is 41.8 Å². The van der Waals surface area contributed by atoms with Crippen molar-refractivity contribution in [3.05, 3.63) is 52.5 Å². The molecule has 0 bridgehead atoms. The number of hydrogen-bond donors (Lipinski definition) is 1. The predicted octanol–water partition coefficient (Wildman–Crippen LogP) is 3.19. The van der Waals surface area contributed by atoms with Gasteiger partial charge in [-0.15, -0.1) is 11.3 Å². The van der Waals surface area contributed by atoms with Gasteiger partial charge in [0.25, 0.3) is 0 Å². The van der Waals surface area contributed by atoms with Crippen LogP contribution in [0.4, 0.5) is 0 Å². The Morgan fingerprint density at radius 1 is 1.15 bits per heavy atom. The second-order valence-electron chi connectivity index (χ2n) is 7.21. The second-order valence-corrected chi connectivity index (χ2v) is 8.24. The lowest BCUT2D eigenvalue weighted by molar-refractivity contribution is 0.0490. The van der Waals surface area contributed by atoms with E-state index in [1.165, 1.54) is 10.4 Å². The number of aryl methyl sites for hydroxylation is 1. The van der Waals surface area contributed by atoms with Gasteiger partial charge in [-0.25, -0.2) is 4.98 Å². The summed E-state index contributed by atoms with van der Waals surface area (Å²) in [4.78, 5) is 11.3. The van der Waals surface area contributed by atoms with E-state index in [4.69, 9.17) is 4.98 Å². The summed E-state index contributed by atoms with van der Waals surface area (Å²) in [5.41, 5.74) is 2.30. The van der Waals surface area contributed by atoms with Crippen LogP contribution in [0.25, 0.3) is 11.0 Å². The fraction of sp³-hybridized carbons (Fsp3) is 0.476. The fourth-order valence-electron chi connectivity index (χ4n) is 4.13. The van der Waals surface area contributed by atoms with Crippen molar-refractivity contribution in [1.29, 1.82) is 0 Å². The zero-order valence-corrected chi connectivity index (χ0v) is 16.7. The summed E-state index contributed by atoms with van der Waals surface area (Å²) >= 11 is 1.82. The van der Waals surface area contributed by atoms with Crippen molar-refractivity contribution in [3.8, 4) is 0 Å². The monoisotopic (exact) mass is 384 g/mol. The number of piperazine rings is 1. The maximum atomic E-state index is 9.56. The van der Waals surface area contributed by atoms with Crippen molar-refractivity contribution in [2.45, 2.75) is 39.0 Å². The number of aromatic nitrogens is 2. The molecule has 0 radical (unpaired) electrons. The molecule has 144 valence electrons. The summed E-state index contributed by atoms with van der Waals surface area (Å²) in [5, 5.41) is 11.7. The molecule has 1 saturated heterocycles. The largest absolute Gasteiger partial charge is 0.396 e. The summed E-state index contributed by atoms with van der Waals surface area (Å²) in [6, 6.07) is 13.1. The topological polar surface area (TPSA) is 44.5 Å². The van der Waals surface area contributed by atoms with Crippen LogP contribution in [-0.4, -0.2) is 56.7 Å². The summed E-state index contributed by atoms with van der Waals surface area (Å²) in [7, 11) is 0. The van der Waals surface area contributed by atoms with Crippen LogP contribution in [0.1, 0.15) is 24.0 Å². The maximum Gasteiger partial charge on any atom is 0.124 e. The molecule has 27 heavy (non-hydrogen) atoms. The number of aliphatic hydroxyl groups excluding tert-OH is 1. The van der Waals surface area contributed by atoms with E-state index >= 15 is 0 Å². The third-order valence-electron chi connectivity index (χ3n) is 5.51. The minimum absolute atomic E-state index is 0.243. The van der Waals surface area contributed by atoms with Crippen molar-refractivity contribution >= 4 is 22.4 Å². The first-order valence-electron chi connectivity index (χ1n) is 9.82. The number of para-hydroxylation sites is 2. The van der Waals surface area contributed by atoms with Gasteiger partial charge in [-0.2, -0.15) is 0 Å². The van der Waals surface area contributed by atoms with Gasteiger partial charge in [0.15, 0.2) is 0 Å². The van der Waals surface area contributed by atoms with Gasteiger partial charge in [-0.05, 0) is 36.9 Å². The number of fused-ring (bicyclic) bond motifs is 1. The first-order valence-corrected chi connectivity index (χ1v) is 10.7. The first kappa shape index (κ1) is 18.6. The first-order chi connectivity index (χ1) is 13.3. The molecule has 1 aromatic carbocycles. The molecule has 0 amide bonds. The van der Waals surface area contributed by atoms with Crippen LogP contribution >= 0.6 is 11.3 Å². The van der Waals surface area contributed by atoms with Gasteiger partial charge in [-0.1, -0.05) is 18.2 Å². The minimum Gasteiger partial charge on any atom is -0.396 e. The van der Waals surface area contributed by atoms with Crippen LogP contribution in [0.5, 0.6) is 0 Å². The van der Waals surface area contributed by atoms with Gasteiger partial charge < -0.3 is 9.67 Å². The lowest BCUT2D eigenvalue weighted by Crippen LogP contribution is -2.52. The minimum atomic E-state index is 0.243. The number of rotatable bonds is 7. The smallest absolute Gasteiger partial charge is 0.124 e. The zero-order valence-electron chi connectivity index (χ0n) is 15.9. The van der Waals surface area contributed by atoms with Crippen molar-refractivity contribution < 1.29 is 5.11 Å². The molecule has 1 aliphatic rings. The molecule has 1 atom stereocenters. The van der Waals surface area contributed by atoms with Crippen LogP contribution in [-0.2, 0) is 19.6 Å². The number of benzene rings is 1. The van der Waals surface area contributed by atoms with Gasteiger partial charge in [0.05, 0.1) is 17.6 Å². The Kier molecular flexibility index (Phi) is 5.88. The number of nitrogens with zero attached hydrogens (tertiary/aromatic N) is 4. The van der Waals surface area contributed by atoms with E-state index in [0.717, 1.165) is 57.0 Å². The maximum absolute atomic E-state index is 9.56. The lowest BCUT2D eigenvalue weighted by atomic mass is 10.1. The predicted molar refractivity (Wildman–Crippen MR) is 111 cm³/mol. The third-order valence-corrected chi connectivity index (χ3v) is 6.37. The van der Waals surface area contributed by atoms with Crippen molar-refractivity contribution in [2.24, 2.45) is 0 Å². The highest BCUT2D eigenvalue weighted by atomic mass is 32.1. The highest BCUT2D eigenvalue weighted by Crippen LogP contribution is 2.22. The summed E-state index contributed by atoms with van der Waals surface area (Å²) in [5.74, 6) is 1.15. The molecule has 3 heterocycles. The standard InChI is InChI=1S/C21H28N4OS/c1-2-25-20-8-4-3-7-19(20)22-21(25)16-23-10-11-24(17(14-23)9-12-26)15-18-6-5-13-27-18/h3-8,13,17,26H,2,9-12,14-16H2,1H3/t17-/m0/s1. The molecule has 4 rings (SSSR count). The molecular weight excluding hydrogens is 356 g/mol. The van der Waals surface area contributed by atoms with Gasteiger partial charge in [0, 0.05) is 50.2 Å². The van der Waals surface area contributed by atoms with E-state index in [-0.39, 0.29) is 6.61 Å². The highest BCUT2D eigenvalue weighted by Gasteiger charge is 2.27. The number of thiophene rings is 1. The quantitative estimate of drug-likeness (QED) is 0.679. The normalized spacial score (nSPS) is 19.1. The molecule has 1 N–H and O–H groups in total. The van der Waals surface area contributed by atoms with Crippen molar-refractivity contribution in [2.75, 3.05) is 26.2 Å². The summed E-state index contributed by atoms with van der Waals surface area (Å²) < 4.78 is 2.33. The Morgan fingerprint density at radius 3 is 2.81 bits per heavy atom. The lowest BCUT2D eigenvalue weighted by Gasteiger charge is -2.41. The molecule has 5 nitrogen and oxygen atoms in total. The Morgan fingerprint density at radius 2 is 2.04 bits per heavy atom. The number of imidazole rings is 1. The average Bonchev–Trinajstić information content (AvgIpc) is 3.31. The third kappa shape index (κ3) is 4.09. The molecule has 1 aliphatic heterocycles. The molecule has 0 aliphatic carbocycles. The zero-order chi connectivity index (χ0) is 18.6. The van der Waals surface area contributed by atoms with Gasteiger partial charge in [0.1, 0.15) is 5.82 Å². The van der Waals surface area contributed by atoms with E-state index in [2.05, 4.69) is 63.1 Å². The molecule has 0 saturated carbocycles. The molecule has 0 spiro atoms. The average molecular weight is 385 g/mol. The SMILES string of the molecule is CCn1c(CN2CCN(Cc3cccs3)[C@@H](CCO)C2)nc2ccccc21.